The van der Waals surface area contributed by atoms with E-state index in [2.05, 4.69) is 33.7 Å². The van der Waals surface area contributed by atoms with E-state index in [-0.39, 0.29) is 30.6 Å². The minimum atomic E-state index is -1.48. The third kappa shape index (κ3) is 5.29. The van der Waals surface area contributed by atoms with Crippen LogP contribution in [-0.4, -0.2) is 127 Å². The van der Waals surface area contributed by atoms with E-state index < -0.39 is 11.6 Å². The van der Waals surface area contributed by atoms with Gasteiger partial charge in [-0.15, -0.1) is 0 Å². The maximum Gasteiger partial charge on any atom is 0.308 e. The molecule has 2 aromatic heterocycles. The van der Waals surface area contributed by atoms with Crippen LogP contribution in [0, 0.1) is 0 Å². The molecule has 3 aromatic rings. The number of carbonyl (C=O) groups is 2. The number of likely N-dealkylation sites (N-methyl/N-ethyl adjacent to an activating group) is 2. The molecule has 254 valence electrons. The van der Waals surface area contributed by atoms with Gasteiger partial charge in [0, 0.05) is 100 Å². The lowest BCUT2D eigenvalue weighted by Crippen LogP contribution is -2.45. The van der Waals surface area contributed by atoms with Crippen LogP contribution in [0.2, 0.25) is 0 Å². The van der Waals surface area contributed by atoms with E-state index in [9.17, 15) is 14.4 Å². The van der Waals surface area contributed by atoms with Crippen LogP contribution in [0.5, 0.6) is 11.5 Å². The first-order valence-electron chi connectivity index (χ1n) is 17.3. The largest absolute Gasteiger partial charge is 0.486 e. The summed E-state index contributed by atoms with van der Waals surface area (Å²) in [7, 11) is 4.24. The van der Waals surface area contributed by atoms with E-state index >= 15 is 0 Å². The van der Waals surface area contributed by atoms with Crippen molar-refractivity contribution in [1.82, 2.24) is 29.2 Å². The van der Waals surface area contributed by atoms with E-state index in [1.54, 1.807) is 4.57 Å². The highest BCUT2D eigenvalue weighted by Gasteiger charge is 2.51. The molecule has 1 atom stereocenters. The van der Waals surface area contributed by atoms with E-state index in [1.807, 2.05) is 25.1 Å². The number of ketones is 1. The maximum absolute atomic E-state index is 14.2. The summed E-state index contributed by atoms with van der Waals surface area (Å²) in [6.07, 6.45) is 0.410. The van der Waals surface area contributed by atoms with E-state index in [1.165, 1.54) is 0 Å². The van der Waals surface area contributed by atoms with Gasteiger partial charge in [-0.2, -0.15) is 0 Å². The standard InChI is InChI=1S/C36H44N6O6/c1-4-36(48-33(44)5-6-40-11-7-38(2)8-12-40)27-19-29-34-26(22-42(29)35(45)24(27)18-32(36)43)25(21-41-13-9-39(3)10-14-41)23-17-30-31(20-28(23)37-34)47-16-15-46-30/h17,19-20H,4-16,18,21-22H2,1-3H3. The Hall–Kier alpha value is -3.84. The van der Waals surface area contributed by atoms with Gasteiger partial charge in [0.25, 0.3) is 5.56 Å². The second-order valence-electron chi connectivity index (χ2n) is 14.0. The average Bonchev–Trinajstić information content (AvgIpc) is 3.59. The zero-order valence-corrected chi connectivity index (χ0v) is 28.2. The molecule has 0 N–H and O–H groups in total. The Balaban J connectivity index is 1.18. The Labute approximate surface area is 280 Å². The summed E-state index contributed by atoms with van der Waals surface area (Å²) in [5.41, 5.74) is 3.56. The highest BCUT2D eigenvalue weighted by molar-refractivity contribution is 5.97. The van der Waals surface area contributed by atoms with E-state index in [0.29, 0.717) is 54.6 Å². The Morgan fingerprint density at radius 1 is 0.896 bits per heavy atom. The number of carbonyl (C=O) groups excluding carboxylic acids is 2. The summed E-state index contributed by atoms with van der Waals surface area (Å²) in [6.45, 7) is 12.1. The Bertz CT molecular complexity index is 1860. The summed E-state index contributed by atoms with van der Waals surface area (Å²) in [5, 5.41) is 0.998. The summed E-state index contributed by atoms with van der Waals surface area (Å²) < 4.78 is 19.8. The second-order valence-corrected chi connectivity index (χ2v) is 14.0. The van der Waals surface area contributed by atoms with Gasteiger partial charge >= 0.3 is 5.97 Å². The predicted octanol–water partition coefficient (Wildman–Crippen LogP) is 1.86. The molecular formula is C36H44N6O6. The summed E-state index contributed by atoms with van der Waals surface area (Å²) in [4.78, 5) is 55.7. The fourth-order valence-corrected chi connectivity index (χ4v) is 8.02. The van der Waals surface area contributed by atoms with Gasteiger partial charge in [0.2, 0.25) is 0 Å². The molecule has 1 aromatic carbocycles. The molecule has 2 fully saturated rings. The lowest BCUT2D eigenvalue weighted by atomic mass is 9.91. The van der Waals surface area contributed by atoms with Crippen molar-refractivity contribution in [3.8, 4) is 22.9 Å². The van der Waals surface area contributed by atoms with Gasteiger partial charge in [-0.05, 0) is 38.2 Å². The number of hydrogen-bond acceptors (Lipinski definition) is 11. The van der Waals surface area contributed by atoms with Crippen LogP contribution in [0.1, 0.15) is 42.0 Å². The van der Waals surface area contributed by atoms with Gasteiger partial charge in [-0.3, -0.25) is 19.3 Å². The average molecular weight is 657 g/mol. The first kappa shape index (κ1) is 31.4. The SMILES string of the molecule is CCC1(OC(=O)CCN2CCN(C)CC2)C(=O)Cc2c1cc1n(c2=O)Cc2c-1nc1cc3c(cc1c2CN1CCN(C)CC1)OCCO3. The Morgan fingerprint density at radius 3 is 2.25 bits per heavy atom. The number of Topliss-reactive ketones (excluding diaryl/α,β-unsaturated/α-hetero) is 1. The van der Waals surface area contributed by atoms with Crippen LogP contribution in [0.4, 0.5) is 0 Å². The van der Waals surface area contributed by atoms with Gasteiger partial charge in [0.1, 0.15) is 13.2 Å². The number of benzene rings is 1. The van der Waals surface area contributed by atoms with Gasteiger partial charge in [-0.25, -0.2) is 4.98 Å². The van der Waals surface area contributed by atoms with Crippen LogP contribution >= 0.6 is 0 Å². The summed E-state index contributed by atoms with van der Waals surface area (Å²) in [6, 6.07) is 5.88. The zero-order chi connectivity index (χ0) is 33.2. The molecule has 12 nitrogen and oxygen atoms in total. The molecule has 0 bridgehead atoms. The molecule has 6 heterocycles. The first-order chi connectivity index (χ1) is 23.2. The number of ether oxygens (including phenoxy) is 3. The Kier molecular flexibility index (Phi) is 8.02. The summed E-state index contributed by atoms with van der Waals surface area (Å²) >= 11 is 0. The lowest BCUT2D eigenvalue weighted by molar-refractivity contribution is -0.168. The number of fused-ring (bicyclic) bond motifs is 6. The van der Waals surface area contributed by atoms with Crippen LogP contribution < -0.4 is 15.0 Å². The minimum absolute atomic E-state index is 0.0463. The number of rotatable bonds is 7. The van der Waals surface area contributed by atoms with Crippen molar-refractivity contribution in [2.75, 3.05) is 86.2 Å². The van der Waals surface area contributed by atoms with Gasteiger partial charge in [0.05, 0.1) is 29.9 Å². The quantitative estimate of drug-likeness (QED) is 0.272. The molecule has 4 aliphatic heterocycles. The van der Waals surface area contributed by atoms with Crippen LogP contribution in [-0.2, 0) is 39.4 Å². The number of hydrogen-bond donors (Lipinski definition) is 0. The highest BCUT2D eigenvalue weighted by Crippen LogP contribution is 2.45. The van der Waals surface area contributed by atoms with Crippen molar-refractivity contribution in [3.05, 3.63) is 50.8 Å². The van der Waals surface area contributed by atoms with Gasteiger partial charge in [0.15, 0.2) is 22.9 Å². The molecular weight excluding hydrogens is 612 g/mol. The molecule has 0 radical (unpaired) electrons. The van der Waals surface area contributed by atoms with Crippen molar-refractivity contribution < 1.29 is 23.8 Å². The minimum Gasteiger partial charge on any atom is -0.486 e. The highest BCUT2D eigenvalue weighted by atomic mass is 16.6. The molecule has 12 heteroatoms. The summed E-state index contributed by atoms with van der Waals surface area (Å²) in [5.74, 6) is 0.724. The predicted molar refractivity (Wildman–Crippen MR) is 180 cm³/mol. The monoisotopic (exact) mass is 656 g/mol. The molecule has 5 aliphatic rings. The number of esters is 1. The zero-order valence-electron chi connectivity index (χ0n) is 28.2. The molecule has 2 saturated heterocycles. The molecule has 1 aliphatic carbocycles. The van der Waals surface area contributed by atoms with E-state index in [0.717, 1.165) is 86.6 Å². The molecule has 48 heavy (non-hydrogen) atoms. The van der Waals surface area contributed by atoms with Gasteiger partial charge < -0.3 is 33.5 Å². The fraction of sp³-hybridized carbons (Fsp3) is 0.556. The van der Waals surface area contributed by atoms with Crippen molar-refractivity contribution in [1.29, 1.82) is 0 Å². The van der Waals surface area contributed by atoms with Crippen LogP contribution in [0.3, 0.4) is 0 Å². The fourth-order valence-electron chi connectivity index (χ4n) is 8.02. The third-order valence-electron chi connectivity index (χ3n) is 11.0. The van der Waals surface area contributed by atoms with Crippen LogP contribution in [0.25, 0.3) is 22.3 Å². The molecule has 1 unspecified atom stereocenters. The van der Waals surface area contributed by atoms with Crippen molar-refractivity contribution in [3.63, 3.8) is 0 Å². The molecule has 0 spiro atoms. The number of nitrogens with zero attached hydrogens (tertiary/aromatic N) is 6. The van der Waals surface area contributed by atoms with Crippen molar-refractivity contribution in [2.45, 2.75) is 44.9 Å². The Morgan fingerprint density at radius 2 is 1.56 bits per heavy atom. The number of pyridine rings is 2. The van der Waals surface area contributed by atoms with Crippen molar-refractivity contribution >= 4 is 22.7 Å². The third-order valence-corrected chi connectivity index (χ3v) is 11.0. The lowest BCUT2D eigenvalue weighted by Gasteiger charge is -2.33. The molecule has 0 saturated carbocycles. The number of aromatic nitrogens is 2. The smallest absolute Gasteiger partial charge is 0.308 e. The second kappa shape index (κ2) is 12.2. The normalized spacial score (nSPS) is 22.9. The molecule has 8 rings (SSSR count). The first-order valence-corrected chi connectivity index (χ1v) is 17.3. The van der Waals surface area contributed by atoms with Crippen LogP contribution in [0.15, 0.2) is 23.0 Å². The van der Waals surface area contributed by atoms with Gasteiger partial charge in [-0.1, -0.05) is 6.92 Å². The number of piperazine rings is 2. The van der Waals surface area contributed by atoms with E-state index in [4.69, 9.17) is 19.2 Å². The topological polar surface area (TPSA) is 110 Å². The maximum atomic E-state index is 14.2. The molecule has 0 amide bonds. The van der Waals surface area contributed by atoms with Crippen molar-refractivity contribution in [2.24, 2.45) is 0 Å².